The topological polar surface area (TPSA) is 59.8 Å². The maximum atomic E-state index is 12.1. The number of fused-ring (bicyclic) bond motifs is 1. The fourth-order valence-corrected chi connectivity index (χ4v) is 2.56. The molecule has 1 aromatic heterocycles. The molecule has 0 fully saturated rings. The fraction of sp³-hybridized carbons (Fsp3) is 0.133. The van der Waals surface area contributed by atoms with Gasteiger partial charge in [0, 0.05) is 9.26 Å². The molecule has 0 atom stereocenters. The molecule has 0 spiro atoms. The third kappa shape index (κ3) is 3.05. The zero-order valence-corrected chi connectivity index (χ0v) is 13.5. The van der Waals surface area contributed by atoms with E-state index < -0.39 is 0 Å². The van der Waals surface area contributed by atoms with Gasteiger partial charge >= 0.3 is 0 Å². The summed E-state index contributed by atoms with van der Waals surface area (Å²) in [6, 6.07) is 13.4. The van der Waals surface area contributed by atoms with Crippen molar-refractivity contribution in [2.24, 2.45) is 0 Å². The number of nitrogens with one attached hydrogen (secondary N) is 1. The Hall–Kier alpha value is -1.96. The summed E-state index contributed by atoms with van der Waals surface area (Å²) in [5, 5.41) is 10.9. The SMILES string of the molecule is Cc1ccc(NC(=O)Cn2nnc3ccccc32)cc1I. The molecule has 3 rings (SSSR count). The molecule has 0 saturated heterocycles. The minimum Gasteiger partial charge on any atom is -0.324 e. The number of para-hydroxylation sites is 1. The van der Waals surface area contributed by atoms with Crippen molar-refractivity contribution in [3.63, 3.8) is 0 Å². The molecule has 2 aromatic carbocycles. The molecule has 0 aliphatic heterocycles. The average Bonchev–Trinajstić information content (AvgIpc) is 2.86. The predicted molar refractivity (Wildman–Crippen MR) is 90.1 cm³/mol. The second kappa shape index (κ2) is 5.80. The number of halogens is 1. The first-order valence-electron chi connectivity index (χ1n) is 6.48. The van der Waals surface area contributed by atoms with Gasteiger partial charge in [0.25, 0.3) is 0 Å². The van der Waals surface area contributed by atoms with Crippen LogP contribution >= 0.6 is 22.6 Å². The first kappa shape index (κ1) is 14.0. The zero-order valence-electron chi connectivity index (χ0n) is 11.4. The summed E-state index contributed by atoms with van der Waals surface area (Å²) in [4.78, 5) is 12.1. The van der Waals surface area contributed by atoms with Crippen molar-refractivity contribution in [1.29, 1.82) is 0 Å². The van der Waals surface area contributed by atoms with Crippen LogP contribution in [0.2, 0.25) is 0 Å². The average molecular weight is 392 g/mol. The van der Waals surface area contributed by atoms with Crippen LogP contribution in [-0.2, 0) is 11.3 Å². The lowest BCUT2D eigenvalue weighted by atomic mass is 10.2. The summed E-state index contributed by atoms with van der Waals surface area (Å²) in [5.41, 5.74) is 3.62. The number of benzene rings is 2. The van der Waals surface area contributed by atoms with Gasteiger partial charge in [-0.3, -0.25) is 4.79 Å². The van der Waals surface area contributed by atoms with Crippen LogP contribution in [0.3, 0.4) is 0 Å². The summed E-state index contributed by atoms with van der Waals surface area (Å²) in [7, 11) is 0. The van der Waals surface area contributed by atoms with Crippen LogP contribution in [0.5, 0.6) is 0 Å². The molecule has 0 aliphatic carbocycles. The largest absolute Gasteiger partial charge is 0.324 e. The van der Waals surface area contributed by atoms with E-state index in [1.165, 1.54) is 5.56 Å². The Bertz CT molecular complexity index is 812. The van der Waals surface area contributed by atoms with E-state index in [-0.39, 0.29) is 12.5 Å². The number of aromatic nitrogens is 3. The Balaban J connectivity index is 1.75. The molecule has 1 N–H and O–H groups in total. The molecule has 1 heterocycles. The number of aryl methyl sites for hydroxylation is 1. The van der Waals surface area contributed by atoms with Crippen molar-refractivity contribution >= 4 is 45.2 Å². The van der Waals surface area contributed by atoms with Crippen molar-refractivity contribution in [2.45, 2.75) is 13.5 Å². The van der Waals surface area contributed by atoms with Gasteiger partial charge in [-0.2, -0.15) is 0 Å². The standard InChI is InChI=1S/C15H13IN4O/c1-10-6-7-11(8-12(10)16)17-15(21)9-20-14-5-3-2-4-13(14)18-19-20/h2-8H,9H2,1H3,(H,17,21). The van der Waals surface area contributed by atoms with Gasteiger partial charge in [0.2, 0.25) is 5.91 Å². The van der Waals surface area contributed by atoms with Crippen molar-refractivity contribution in [3.8, 4) is 0 Å². The minimum atomic E-state index is -0.120. The Labute approximate surface area is 135 Å². The van der Waals surface area contributed by atoms with Crippen molar-refractivity contribution in [3.05, 3.63) is 51.6 Å². The first-order valence-corrected chi connectivity index (χ1v) is 7.55. The van der Waals surface area contributed by atoms with E-state index in [0.717, 1.165) is 20.3 Å². The quantitative estimate of drug-likeness (QED) is 0.698. The van der Waals surface area contributed by atoms with Gasteiger partial charge in [0.05, 0.1) is 5.52 Å². The number of carbonyl (C=O) groups excluding carboxylic acids is 1. The molecule has 0 saturated carbocycles. The van der Waals surface area contributed by atoms with Gasteiger partial charge in [0.15, 0.2) is 0 Å². The van der Waals surface area contributed by atoms with Gasteiger partial charge < -0.3 is 5.32 Å². The van der Waals surface area contributed by atoms with Crippen LogP contribution in [0, 0.1) is 10.5 Å². The van der Waals surface area contributed by atoms with E-state index in [4.69, 9.17) is 0 Å². The van der Waals surface area contributed by atoms with Crippen LogP contribution in [0.4, 0.5) is 5.69 Å². The van der Waals surface area contributed by atoms with E-state index in [2.05, 4.69) is 38.2 Å². The first-order chi connectivity index (χ1) is 10.1. The molecule has 6 heteroatoms. The second-order valence-corrected chi connectivity index (χ2v) is 5.91. The van der Waals surface area contributed by atoms with Crippen LogP contribution in [-0.4, -0.2) is 20.9 Å². The third-order valence-electron chi connectivity index (χ3n) is 3.17. The summed E-state index contributed by atoms with van der Waals surface area (Å²) >= 11 is 2.25. The summed E-state index contributed by atoms with van der Waals surface area (Å²) in [5.74, 6) is -0.120. The molecule has 21 heavy (non-hydrogen) atoms. The molecular formula is C15H13IN4O. The van der Waals surface area contributed by atoms with E-state index in [9.17, 15) is 4.79 Å². The highest BCUT2D eigenvalue weighted by Crippen LogP contribution is 2.17. The molecule has 0 radical (unpaired) electrons. The molecule has 0 bridgehead atoms. The highest BCUT2D eigenvalue weighted by atomic mass is 127. The number of anilines is 1. The highest BCUT2D eigenvalue weighted by Gasteiger charge is 2.09. The number of amides is 1. The van der Waals surface area contributed by atoms with Crippen LogP contribution < -0.4 is 5.32 Å². The number of hydrogen-bond donors (Lipinski definition) is 1. The van der Waals surface area contributed by atoms with Crippen molar-refractivity contribution < 1.29 is 4.79 Å². The van der Waals surface area contributed by atoms with Gasteiger partial charge in [-0.15, -0.1) is 5.10 Å². The van der Waals surface area contributed by atoms with Crippen LogP contribution in [0.15, 0.2) is 42.5 Å². The lowest BCUT2D eigenvalue weighted by Crippen LogP contribution is -2.19. The second-order valence-electron chi connectivity index (χ2n) is 4.75. The van der Waals surface area contributed by atoms with E-state index in [1.807, 2.05) is 49.4 Å². The van der Waals surface area contributed by atoms with Gasteiger partial charge in [0.1, 0.15) is 12.1 Å². The van der Waals surface area contributed by atoms with Crippen molar-refractivity contribution in [2.75, 3.05) is 5.32 Å². The third-order valence-corrected chi connectivity index (χ3v) is 4.33. The predicted octanol–water partition coefficient (Wildman–Crippen LogP) is 2.98. The Kier molecular flexibility index (Phi) is 3.87. The molecule has 106 valence electrons. The van der Waals surface area contributed by atoms with Gasteiger partial charge in [-0.05, 0) is 59.3 Å². The summed E-state index contributed by atoms with van der Waals surface area (Å²) in [6.45, 7) is 2.18. The Morgan fingerprint density at radius 1 is 1.29 bits per heavy atom. The highest BCUT2D eigenvalue weighted by molar-refractivity contribution is 14.1. The smallest absolute Gasteiger partial charge is 0.246 e. The fourth-order valence-electron chi connectivity index (χ4n) is 2.04. The summed E-state index contributed by atoms with van der Waals surface area (Å²) in [6.07, 6.45) is 0. The molecule has 1 amide bonds. The van der Waals surface area contributed by atoms with Gasteiger partial charge in [-0.25, -0.2) is 4.68 Å². The summed E-state index contributed by atoms with van der Waals surface area (Å²) < 4.78 is 2.72. The molecule has 0 unspecified atom stereocenters. The molecule has 0 aliphatic rings. The van der Waals surface area contributed by atoms with E-state index in [1.54, 1.807) is 4.68 Å². The molecule has 3 aromatic rings. The lowest BCUT2D eigenvalue weighted by Gasteiger charge is -2.07. The normalized spacial score (nSPS) is 10.8. The van der Waals surface area contributed by atoms with E-state index in [0.29, 0.717) is 0 Å². The van der Waals surface area contributed by atoms with Gasteiger partial charge in [-0.1, -0.05) is 23.4 Å². The number of carbonyl (C=O) groups is 1. The zero-order chi connectivity index (χ0) is 14.8. The van der Waals surface area contributed by atoms with E-state index >= 15 is 0 Å². The monoisotopic (exact) mass is 392 g/mol. The Morgan fingerprint density at radius 3 is 2.90 bits per heavy atom. The molecule has 5 nitrogen and oxygen atoms in total. The molecular weight excluding hydrogens is 379 g/mol. The van der Waals surface area contributed by atoms with Crippen LogP contribution in [0.25, 0.3) is 11.0 Å². The number of hydrogen-bond acceptors (Lipinski definition) is 3. The van der Waals surface area contributed by atoms with Crippen molar-refractivity contribution in [1.82, 2.24) is 15.0 Å². The maximum Gasteiger partial charge on any atom is 0.246 e. The number of rotatable bonds is 3. The minimum absolute atomic E-state index is 0.120. The maximum absolute atomic E-state index is 12.1. The Morgan fingerprint density at radius 2 is 2.10 bits per heavy atom. The number of nitrogens with zero attached hydrogens (tertiary/aromatic N) is 3. The lowest BCUT2D eigenvalue weighted by molar-refractivity contribution is -0.116. The van der Waals surface area contributed by atoms with Crippen LogP contribution in [0.1, 0.15) is 5.56 Å².